The zero-order valence-electron chi connectivity index (χ0n) is 15.8. The molecule has 150 valence electrons. The summed E-state index contributed by atoms with van der Waals surface area (Å²) in [6, 6.07) is 14.6. The third-order valence-electron chi connectivity index (χ3n) is 4.46. The largest absolute Gasteiger partial charge is 0.324 e. The summed E-state index contributed by atoms with van der Waals surface area (Å²) < 4.78 is 15.7. The van der Waals surface area contributed by atoms with Crippen molar-refractivity contribution in [3.63, 3.8) is 0 Å². The Balaban J connectivity index is 1.53. The van der Waals surface area contributed by atoms with Gasteiger partial charge in [0.15, 0.2) is 0 Å². The first kappa shape index (κ1) is 19.1. The maximum Gasteiger partial charge on any atom is 0.267 e. The molecule has 0 radical (unpaired) electrons. The molecule has 9 nitrogen and oxygen atoms in total. The van der Waals surface area contributed by atoms with Gasteiger partial charge >= 0.3 is 0 Å². The van der Waals surface area contributed by atoms with Crippen LogP contribution in [-0.2, 0) is 4.79 Å². The molecule has 2 aromatic carbocycles. The van der Waals surface area contributed by atoms with Gasteiger partial charge in [0.1, 0.15) is 18.2 Å². The van der Waals surface area contributed by atoms with Crippen molar-refractivity contribution in [2.45, 2.75) is 13.0 Å². The zero-order valence-corrected chi connectivity index (χ0v) is 15.8. The minimum atomic E-state index is -0.864. The van der Waals surface area contributed by atoms with Crippen LogP contribution in [0.4, 0.5) is 10.1 Å². The molecule has 0 spiro atoms. The van der Waals surface area contributed by atoms with Gasteiger partial charge in [-0.05, 0) is 71.9 Å². The quantitative estimate of drug-likeness (QED) is 0.546. The van der Waals surface area contributed by atoms with E-state index in [0.29, 0.717) is 16.9 Å². The minimum Gasteiger partial charge on any atom is -0.324 e. The van der Waals surface area contributed by atoms with E-state index in [1.165, 1.54) is 35.3 Å². The number of carbonyl (C=O) groups is 1. The fourth-order valence-corrected chi connectivity index (χ4v) is 2.81. The van der Waals surface area contributed by atoms with Gasteiger partial charge in [0, 0.05) is 17.3 Å². The number of aromatic nitrogens is 6. The van der Waals surface area contributed by atoms with Crippen LogP contribution in [0.2, 0.25) is 0 Å². The van der Waals surface area contributed by atoms with E-state index >= 15 is 0 Å². The van der Waals surface area contributed by atoms with Crippen molar-refractivity contribution in [3.8, 4) is 16.9 Å². The van der Waals surface area contributed by atoms with Gasteiger partial charge in [0.2, 0.25) is 5.91 Å². The predicted molar refractivity (Wildman–Crippen MR) is 106 cm³/mol. The average Bonchev–Trinajstić information content (AvgIpc) is 3.30. The summed E-state index contributed by atoms with van der Waals surface area (Å²) >= 11 is 0. The van der Waals surface area contributed by atoms with Gasteiger partial charge in [0.25, 0.3) is 5.56 Å². The molecular formula is C20H16FN7O2. The molecule has 4 aromatic rings. The van der Waals surface area contributed by atoms with Crippen molar-refractivity contribution in [1.82, 2.24) is 30.0 Å². The average molecular weight is 405 g/mol. The van der Waals surface area contributed by atoms with Crippen LogP contribution in [0.5, 0.6) is 0 Å². The summed E-state index contributed by atoms with van der Waals surface area (Å²) in [5.74, 6) is -0.776. The van der Waals surface area contributed by atoms with Crippen molar-refractivity contribution in [2.24, 2.45) is 0 Å². The topological polar surface area (TPSA) is 108 Å². The first-order valence-corrected chi connectivity index (χ1v) is 9.01. The van der Waals surface area contributed by atoms with Crippen LogP contribution < -0.4 is 10.9 Å². The molecule has 0 aliphatic rings. The number of rotatable bonds is 5. The van der Waals surface area contributed by atoms with Crippen molar-refractivity contribution in [3.05, 3.63) is 83.2 Å². The van der Waals surface area contributed by atoms with E-state index in [0.717, 1.165) is 10.4 Å². The lowest BCUT2D eigenvalue weighted by atomic mass is 10.1. The highest BCUT2D eigenvalue weighted by molar-refractivity contribution is 5.93. The van der Waals surface area contributed by atoms with Gasteiger partial charge in [-0.25, -0.2) is 13.8 Å². The molecule has 30 heavy (non-hydrogen) atoms. The lowest BCUT2D eigenvalue weighted by Gasteiger charge is -2.15. The number of amides is 1. The highest BCUT2D eigenvalue weighted by Crippen LogP contribution is 2.18. The van der Waals surface area contributed by atoms with E-state index in [1.54, 1.807) is 43.3 Å². The summed E-state index contributed by atoms with van der Waals surface area (Å²) in [5, 5.41) is 18.0. The maximum atomic E-state index is 13.2. The van der Waals surface area contributed by atoms with Crippen LogP contribution >= 0.6 is 0 Å². The molecule has 1 N–H and O–H groups in total. The summed E-state index contributed by atoms with van der Waals surface area (Å²) in [4.78, 5) is 24.9. The van der Waals surface area contributed by atoms with Crippen LogP contribution in [0.25, 0.3) is 16.9 Å². The van der Waals surface area contributed by atoms with Gasteiger partial charge in [-0.2, -0.15) is 5.10 Å². The van der Waals surface area contributed by atoms with Crippen molar-refractivity contribution < 1.29 is 9.18 Å². The van der Waals surface area contributed by atoms with E-state index in [2.05, 4.69) is 25.9 Å². The molecule has 1 amide bonds. The number of halogens is 1. The molecule has 2 aromatic heterocycles. The molecule has 2 heterocycles. The number of anilines is 1. The molecule has 0 saturated carbocycles. The molecule has 0 bridgehead atoms. The Bertz CT molecular complexity index is 1220. The minimum absolute atomic E-state index is 0.370. The molecule has 4 rings (SSSR count). The monoisotopic (exact) mass is 405 g/mol. The smallest absolute Gasteiger partial charge is 0.267 e. The van der Waals surface area contributed by atoms with Crippen LogP contribution in [0, 0.1) is 5.82 Å². The van der Waals surface area contributed by atoms with Crippen molar-refractivity contribution >= 4 is 11.6 Å². The van der Waals surface area contributed by atoms with Gasteiger partial charge in [0.05, 0.1) is 11.4 Å². The van der Waals surface area contributed by atoms with Crippen molar-refractivity contribution in [1.29, 1.82) is 0 Å². The van der Waals surface area contributed by atoms with Gasteiger partial charge < -0.3 is 5.32 Å². The number of carbonyl (C=O) groups excluding carboxylic acids is 1. The molecule has 0 fully saturated rings. The van der Waals surface area contributed by atoms with Gasteiger partial charge in [-0.1, -0.05) is 0 Å². The Hall–Kier alpha value is -4.21. The fraction of sp³-hybridized carbons (Fsp3) is 0.100. The standard InChI is InChI=1S/C20H16FN7O2/c1-13(20(30)23-16-6-8-17(9-7-16)27-12-22-25-26-27)28-19(29)11-10-18(24-28)14-2-4-15(21)5-3-14/h2-13H,1H3,(H,23,30). The lowest BCUT2D eigenvalue weighted by molar-refractivity contribution is -0.119. The van der Waals surface area contributed by atoms with Crippen LogP contribution in [0.3, 0.4) is 0 Å². The van der Waals surface area contributed by atoms with E-state index < -0.39 is 17.5 Å². The molecule has 0 aliphatic carbocycles. The summed E-state index contributed by atoms with van der Waals surface area (Å²) in [5.41, 5.74) is 1.95. The van der Waals surface area contributed by atoms with Crippen LogP contribution in [0.15, 0.2) is 71.8 Å². The third-order valence-corrected chi connectivity index (χ3v) is 4.46. The fourth-order valence-electron chi connectivity index (χ4n) is 2.81. The van der Waals surface area contributed by atoms with Gasteiger partial charge in [-0.15, -0.1) is 5.10 Å². The molecular weight excluding hydrogens is 389 g/mol. The Morgan fingerprint density at radius 3 is 2.43 bits per heavy atom. The molecule has 1 atom stereocenters. The first-order chi connectivity index (χ1) is 14.5. The maximum absolute atomic E-state index is 13.2. The Labute approximate surface area is 169 Å². The number of nitrogens with zero attached hydrogens (tertiary/aromatic N) is 6. The second-order valence-electron chi connectivity index (χ2n) is 6.47. The first-order valence-electron chi connectivity index (χ1n) is 9.01. The Kier molecular flexibility index (Phi) is 5.12. The second-order valence-corrected chi connectivity index (χ2v) is 6.47. The Morgan fingerprint density at radius 2 is 1.77 bits per heavy atom. The number of hydrogen-bond acceptors (Lipinski definition) is 6. The molecule has 0 saturated heterocycles. The zero-order chi connectivity index (χ0) is 21.1. The van der Waals surface area contributed by atoms with E-state index in [-0.39, 0.29) is 5.82 Å². The molecule has 10 heteroatoms. The van der Waals surface area contributed by atoms with Crippen LogP contribution in [0.1, 0.15) is 13.0 Å². The number of benzene rings is 2. The highest BCUT2D eigenvalue weighted by atomic mass is 19.1. The van der Waals surface area contributed by atoms with E-state index in [4.69, 9.17) is 0 Å². The lowest BCUT2D eigenvalue weighted by Crippen LogP contribution is -2.33. The SMILES string of the molecule is CC(C(=O)Nc1ccc(-n2cnnn2)cc1)n1nc(-c2ccc(F)cc2)ccc1=O. The normalized spacial score (nSPS) is 11.8. The number of hydrogen-bond donors (Lipinski definition) is 1. The third kappa shape index (κ3) is 3.97. The second kappa shape index (κ2) is 8.03. The predicted octanol–water partition coefficient (Wildman–Crippen LogP) is 2.22. The van der Waals surface area contributed by atoms with Gasteiger partial charge in [-0.3, -0.25) is 9.59 Å². The van der Waals surface area contributed by atoms with Crippen molar-refractivity contribution in [2.75, 3.05) is 5.32 Å². The molecule has 0 aliphatic heterocycles. The molecule has 1 unspecified atom stereocenters. The number of tetrazole rings is 1. The van der Waals surface area contributed by atoms with E-state index in [9.17, 15) is 14.0 Å². The summed E-state index contributed by atoms with van der Waals surface area (Å²) in [7, 11) is 0. The number of nitrogens with one attached hydrogen (secondary N) is 1. The highest BCUT2D eigenvalue weighted by Gasteiger charge is 2.18. The summed E-state index contributed by atoms with van der Waals surface area (Å²) in [6.07, 6.45) is 1.46. The summed E-state index contributed by atoms with van der Waals surface area (Å²) in [6.45, 7) is 1.58. The Morgan fingerprint density at radius 1 is 1.03 bits per heavy atom. The van der Waals surface area contributed by atoms with Crippen LogP contribution in [-0.4, -0.2) is 35.9 Å². The van der Waals surface area contributed by atoms with E-state index in [1.807, 2.05) is 0 Å².